The van der Waals surface area contributed by atoms with Crippen LogP contribution in [0.5, 0.6) is 0 Å². The van der Waals surface area contributed by atoms with E-state index in [9.17, 15) is 4.79 Å². The van der Waals surface area contributed by atoms with E-state index in [1.165, 1.54) is 6.33 Å². The van der Waals surface area contributed by atoms with E-state index in [2.05, 4.69) is 15.3 Å². The van der Waals surface area contributed by atoms with Crippen LogP contribution in [0, 0.1) is 0 Å². The number of carbonyl (C=O) groups excluding carboxylic acids is 1. The maximum atomic E-state index is 12.5. The van der Waals surface area contributed by atoms with Gasteiger partial charge in [0.2, 0.25) is 5.91 Å². The highest BCUT2D eigenvalue weighted by Crippen LogP contribution is 2.24. The van der Waals surface area contributed by atoms with Crippen LogP contribution in [0.1, 0.15) is 5.56 Å². The Morgan fingerprint density at radius 1 is 1.22 bits per heavy atom. The van der Waals surface area contributed by atoms with Crippen LogP contribution in [0.4, 0.5) is 5.82 Å². The third-order valence-corrected chi connectivity index (χ3v) is 4.41. The lowest BCUT2D eigenvalue weighted by molar-refractivity contribution is -0.129. The molecular formula is C17H18N4OS. The molecule has 0 radical (unpaired) electrons. The molecule has 0 spiro atoms. The summed E-state index contributed by atoms with van der Waals surface area (Å²) in [6.07, 6.45) is 2.13. The molecular weight excluding hydrogens is 308 g/mol. The summed E-state index contributed by atoms with van der Waals surface area (Å²) in [7, 11) is 3.53. The SMILES string of the molecule is CN(C)C(=O)C(Cc1ccccc1)Nc1ncnc2sccc12. The Bertz CT molecular complexity index is 800. The van der Waals surface area contributed by atoms with E-state index >= 15 is 0 Å². The number of likely N-dealkylation sites (N-methyl/N-ethyl adjacent to an activating group) is 1. The minimum absolute atomic E-state index is 0.0239. The van der Waals surface area contributed by atoms with Crippen molar-refractivity contribution in [3.63, 3.8) is 0 Å². The molecule has 23 heavy (non-hydrogen) atoms. The van der Waals surface area contributed by atoms with E-state index in [1.807, 2.05) is 41.8 Å². The summed E-state index contributed by atoms with van der Waals surface area (Å²) in [4.78, 5) is 23.6. The smallest absolute Gasteiger partial charge is 0.244 e. The van der Waals surface area contributed by atoms with Gasteiger partial charge in [-0.25, -0.2) is 9.97 Å². The monoisotopic (exact) mass is 326 g/mol. The number of amides is 1. The molecule has 2 aromatic heterocycles. The first kappa shape index (κ1) is 15.4. The first-order valence-corrected chi connectivity index (χ1v) is 8.23. The van der Waals surface area contributed by atoms with Gasteiger partial charge in [0, 0.05) is 20.5 Å². The Balaban J connectivity index is 1.89. The number of carbonyl (C=O) groups is 1. The van der Waals surface area contributed by atoms with Crippen molar-refractivity contribution in [2.45, 2.75) is 12.5 Å². The molecule has 0 aliphatic carbocycles. The van der Waals surface area contributed by atoms with Crippen molar-refractivity contribution in [2.75, 3.05) is 19.4 Å². The summed E-state index contributed by atoms with van der Waals surface area (Å²) in [5.74, 6) is 0.725. The molecule has 0 saturated heterocycles. The number of rotatable bonds is 5. The van der Waals surface area contributed by atoms with Gasteiger partial charge in [-0.3, -0.25) is 4.79 Å². The Morgan fingerprint density at radius 2 is 2.00 bits per heavy atom. The van der Waals surface area contributed by atoms with Gasteiger partial charge in [0.1, 0.15) is 23.0 Å². The van der Waals surface area contributed by atoms with Gasteiger partial charge in [-0.15, -0.1) is 11.3 Å². The van der Waals surface area contributed by atoms with Crippen molar-refractivity contribution in [3.05, 3.63) is 53.7 Å². The number of hydrogen-bond donors (Lipinski definition) is 1. The first-order valence-electron chi connectivity index (χ1n) is 7.35. The molecule has 0 fully saturated rings. The lowest BCUT2D eigenvalue weighted by Gasteiger charge is -2.22. The van der Waals surface area contributed by atoms with Crippen molar-refractivity contribution in [1.82, 2.24) is 14.9 Å². The number of fused-ring (bicyclic) bond motifs is 1. The molecule has 1 amide bonds. The highest BCUT2D eigenvalue weighted by atomic mass is 32.1. The predicted octanol–water partition coefficient (Wildman–Crippen LogP) is 2.80. The quantitative estimate of drug-likeness (QED) is 0.783. The molecule has 1 aromatic carbocycles. The minimum atomic E-state index is -0.370. The Labute approximate surface area is 139 Å². The molecule has 3 aromatic rings. The molecule has 1 unspecified atom stereocenters. The van der Waals surface area contributed by atoms with Gasteiger partial charge in [0.05, 0.1) is 5.39 Å². The summed E-state index contributed by atoms with van der Waals surface area (Å²) in [5, 5.41) is 6.23. The van der Waals surface area contributed by atoms with Gasteiger partial charge in [0.15, 0.2) is 0 Å². The molecule has 5 nitrogen and oxygen atoms in total. The highest BCUT2D eigenvalue weighted by molar-refractivity contribution is 7.16. The van der Waals surface area contributed by atoms with E-state index in [4.69, 9.17) is 0 Å². The molecule has 3 rings (SSSR count). The number of anilines is 1. The molecule has 0 aliphatic heterocycles. The molecule has 1 N–H and O–H groups in total. The number of thiophene rings is 1. The molecule has 118 valence electrons. The molecule has 0 bridgehead atoms. The van der Waals surface area contributed by atoms with E-state index in [-0.39, 0.29) is 11.9 Å². The topological polar surface area (TPSA) is 58.1 Å². The van der Waals surface area contributed by atoms with Crippen LogP contribution in [0.3, 0.4) is 0 Å². The van der Waals surface area contributed by atoms with E-state index in [0.717, 1.165) is 15.8 Å². The summed E-state index contributed by atoms with van der Waals surface area (Å²) < 4.78 is 0. The summed E-state index contributed by atoms with van der Waals surface area (Å²) in [6, 6.07) is 11.6. The fraction of sp³-hybridized carbons (Fsp3) is 0.235. The fourth-order valence-electron chi connectivity index (χ4n) is 2.43. The second kappa shape index (κ2) is 6.75. The van der Waals surface area contributed by atoms with Crippen LogP contribution in [0.2, 0.25) is 0 Å². The van der Waals surface area contributed by atoms with Crippen LogP contribution in [-0.4, -0.2) is 40.9 Å². The van der Waals surface area contributed by atoms with Gasteiger partial charge in [-0.1, -0.05) is 30.3 Å². The number of nitrogens with zero attached hydrogens (tertiary/aromatic N) is 3. The predicted molar refractivity (Wildman–Crippen MR) is 93.7 cm³/mol. The highest BCUT2D eigenvalue weighted by Gasteiger charge is 2.22. The van der Waals surface area contributed by atoms with Crippen molar-refractivity contribution in [1.29, 1.82) is 0 Å². The lowest BCUT2D eigenvalue weighted by atomic mass is 10.0. The Hall–Kier alpha value is -2.47. The second-order valence-corrected chi connectivity index (χ2v) is 6.38. The number of benzene rings is 1. The largest absolute Gasteiger partial charge is 0.357 e. The maximum Gasteiger partial charge on any atom is 0.244 e. The maximum absolute atomic E-state index is 12.5. The van der Waals surface area contributed by atoms with Crippen LogP contribution < -0.4 is 5.32 Å². The second-order valence-electron chi connectivity index (χ2n) is 5.48. The normalized spacial score (nSPS) is 12.1. The lowest BCUT2D eigenvalue weighted by Crippen LogP contribution is -2.40. The zero-order valence-corrected chi connectivity index (χ0v) is 13.9. The van der Waals surface area contributed by atoms with Crippen molar-refractivity contribution >= 4 is 33.3 Å². The van der Waals surface area contributed by atoms with Gasteiger partial charge in [-0.2, -0.15) is 0 Å². The van der Waals surface area contributed by atoms with Crippen LogP contribution >= 0.6 is 11.3 Å². The van der Waals surface area contributed by atoms with Gasteiger partial charge >= 0.3 is 0 Å². The fourth-order valence-corrected chi connectivity index (χ4v) is 3.16. The molecule has 2 heterocycles. The van der Waals surface area contributed by atoms with E-state index in [1.54, 1.807) is 30.3 Å². The third kappa shape index (κ3) is 3.48. The van der Waals surface area contributed by atoms with Crippen LogP contribution in [-0.2, 0) is 11.2 Å². The average Bonchev–Trinajstić information content (AvgIpc) is 3.04. The Kier molecular flexibility index (Phi) is 4.52. The molecule has 6 heteroatoms. The molecule has 1 atom stereocenters. The summed E-state index contributed by atoms with van der Waals surface area (Å²) >= 11 is 1.56. The van der Waals surface area contributed by atoms with Gasteiger partial charge in [0.25, 0.3) is 0 Å². The summed E-state index contributed by atoms with van der Waals surface area (Å²) in [5.41, 5.74) is 1.11. The number of hydrogen-bond acceptors (Lipinski definition) is 5. The summed E-state index contributed by atoms with van der Waals surface area (Å²) in [6.45, 7) is 0. The zero-order valence-electron chi connectivity index (χ0n) is 13.1. The van der Waals surface area contributed by atoms with Gasteiger partial charge in [-0.05, 0) is 17.0 Å². The first-order chi connectivity index (χ1) is 11.1. The molecule has 0 aliphatic rings. The minimum Gasteiger partial charge on any atom is -0.357 e. The number of nitrogens with one attached hydrogen (secondary N) is 1. The van der Waals surface area contributed by atoms with Crippen LogP contribution in [0.15, 0.2) is 48.1 Å². The van der Waals surface area contributed by atoms with E-state index < -0.39 is 0 Å². The van der Waals surface area contributed by atoms with Crippen molar-refractivity contribution < 1.29 is 4.79 Å². The van der Waals surface area contributed by atoms with Crippen molar-refractivity contribution in [3.8, 4) is 0 Å². The Morgan fingerprint density at radius 3 is 2.74 bits per heavy atom. The molecule has 0 saturated carbocycles. The van der Waals surface area contributed by atoms with Crippen LogP contribution in [0.25, 0.3) is 10.2 Å². The third-order valence-electron chi connectivity index (χ3n) is 3.59. The zero-order chi connectivity index (χ0) is 16.2. The average molecular weight is 326 g/mol. The van der Waals surface area contributed by atoms with E-state index in [0.29, 0.717) is 12.2 Å². The standard InChI is InChI=1S/C17H18N4OS/c1-21(2)17(22)14(10-12-6-4-3-5-7-12)20-15-13-8-9-23-16(13)19-11-18-15/h3-9,11,14H,10H2,1-2H3,(H,18,19,20). The number of aromatic nitrogens is 2. The van der Waals surface area contributed by atoms with Gasteiger partial charge < -0.3 is 10.2 Å². The van der Waals surface area contributed by atoms with Crippen molar-refractivity contribution in [2.24, 2.45) is 0 Å².